The fourth-order valence-corrected chi connectivity index (χ4v) is 4.08. The van der Waals surface area contributed by atoms with E-state index in [1.54, 1.807) is 0 Å². The van der Waals surface area contributed by atoms with Crippen molar-refractivity contribution in [2.45, 2.75) is 52.0 Å². The third kappa shape index (κ3) is 3.76. The van der Waals surface area contributed by atoms with Crippen molar-refractivity contribution in [1.29, 1.82) is 0 Å². The molecule has 0 aliphatic carbocycles. The molecule has 2 fully saturated rings. The summed E-state index contributed by atoms with van der Waals surface area (Å²) in [6, 6.07) is 5.79. The number of Topliss-reactive ketones (excluding diaryl/α,β-unsaturated/α-hetero) is 1. The third-order valence-corrected chi connectivity index (χ3v) is 5.61. The molecule has 6 nitrogen and oxygen atoms in total. The van der Waals surface area contributed by atoms with E-state index < -0.39 is 17.7 Å². The Balaban J connectivity index is 1.89. The largest absolute Gasteiger partial charge is 0.351 e. The third-order valence-electron chi connectivity index (χ3n) is 5.61. The normalized spacial score (nSPS) is 25.3. The number of nitrogens with one attached hydrogen (secondary N) is 3. The first-order valence-electron chi connectivity index (χ1n) is 9.79. The van der Waals surface area contributed by atoms with E-state index in [-0.39, 0.29) is 29.6 Å². The van der Waals surface area contributed by atoms with Gasteiger partial charge in [0.1, 0.15) is 0 Å². The van der Waals surface area contributed by atoms with E-state index >= 15 is 0 Å². The van der Waals surface area contributed by atoms with Gasteiger partial charge in [0.15, 0.2) is 11.7 Å². The first-order valence-corrected chi connectivity index (χ1v) is 9.79. The van der Waals surface area contributed by atoms with Gasteiger partial charge in [-0.2, -0.15) is 0 Å². The maximum atomic E-state index is 13.0. The summed E-state index contributed by atoms with van der Waals surface area (Å²) in [5.74, 6) is -2.49. The average Bonchev–Trinajstić information content (AvgIpc) is 2.61. The molecule has 0 bridgehead atoms. The topological polar surface area (TPSA) is 87.3 Å². The van der Waals surface area contributed by atoms with Crippen molar-refractivity contribution < 1.29 is 14.4 Å². The van der Waals surface area contributed by atoms with Gasteiger partial charge in [-0.25, -0.2) is 0 Å². The smallest absolute Gasteiger partial charge is 0.244 e. The zero-order valence-corrected chi connectivity index (χ0v) is 16.5. The molecule has 2 amide bonds. The molecule has 1 aromatic rings. The molecule has 1 unspecified atom stereocenters. The lowest BCUT2D eigenvalue weighted by Crippen LogP contribution is -2.62. The van der Waals surface area contributed by atoms with E-state index in [1.165, 1.54) is 0 Å². The Bertz CT molecular complexity index is 731. The summed E-state index contributed by atoms with van der Waals surface area (Å²) in [5, 5.41) is 8.99. The van der Waals surface area contributed by atoms with Crippen LogP contribution in [0.2, 0.25) is 0 Å². The number of amides is 2. The van der Waals surface area contributed by atoms with Gasteiger partial charge in [-0.1, -0.05) is 45.9 Å². The number of piperidine rings is 2. The maximum Gasteiger partial charge on any atom is 0.244 e. The molecule has 146 valence electrons. The van der Waals surface area contributed by atoms with Gasteiger partial charge in [-0.05, 0) is 35.9 Å². The van der Waals surface area contributed by atoms with Crippen molar-refractivity contribution in [3.63, 3.8) is 0 Å². The van der Waals surface area contributed by atoms with Crippen LogP contribution in [0.3, 0.4) is 0 Å². The van der Waals surface area contributed by atoms with Crippen LogP contribution in [0, 0.1) is 11.8 Å². The Labute approximate surface area is 160 Å². The Morgan fingerprint density at radius 3 is 2.33 bits per heavy atom. The van der Waals surface area contributed by atoms with Gasteiger partial charge in [0.05, 0.1) is 5.92 Å². The number of ketones is 1. The van der Waals surface area contributed by atoms with Crippen molar-refractivity contribution >= 4 is 23.3 Å². The Kier molecular flexibility index (Phi) is 5.65. The number of carbonyl (C=O) groups is 3. The van der Waals surface area contributed by atoms with Crippen molar-refractivity contribution in [1.82, 2.24) is 10.6 Å². The molecular weight excluding hydrogens is 342 g/mol. The number of benzene rings is 1. The molecule has 27 heavy (non-hydrogen) atoms. The van der Waals surface area contributed by atoms with Crippen LogP contribution >= 0.6 is 0 Å². The molecule has 2 aliphatic rings. The molecule has 6 heteroatoms. The summed E-state index contributed by atoms with van der Waals surface area (Å²) < 4.78 is 0. The van der Waals surface area contributed by atoms with Crippen LogP contribution in [-0.4, -0.2) is 36.7 Å². The lowest BCUT2D eigenvalue weighted by molar-refractivity contribution is -0.146. The predicted octanol–water partition coefficient (Wildman–Crippen LogP) is 2.17. The lowest BCUT2D eigenvalue weighted by Gasteiger charge is -2.38. The molecule has 3 rings (SSSR count). The second-order valence-corrected chi connectivity index (χ2v) is 8.16. The van der Waals surface area contributed by atoms with Crippen LogP contribution in [0.15, 0.2) is 18.2 Å². The van der Waals surface area contributed by atoms with Crippen molar-refractivity contribution in [3.8, 4) is 0 Å². The number of fused-ring (bicyclic) bond motifs is 1. The van der Waals surface area contributed by atoms with E-state index in [1.807, 2.05) is 18.2 Å². The SMILES string of the molecule is CC(C)c1cccc(C(C)C)c1NC(=O)C1C(=O)N[C@@H]2CCNC[C@H]2C1=O. The van der Waals surface area contributed by atoms with Crippen molar-refractivity contribution in [2.75, 3.05) is 18.4 Å². The number of rotatable bonds is 4. The van der Waals surface area contributed by atoms with Crippen LogP contribution in [0.25, 0.3) is 0 Å². The highest BCUT2D eigenvalue weighted by Crippen LogP contribution is 2.33. The summed E-state index contributed by atoms with van der Waals surface area (Å²) in [6.07, 6.45) is 0.712. The van der Waals surface area contributed by atoms with E-state index in [4.69, 9.17) is 0 Å². The molecule has 0 radical (unpaired) electrons. The van der Waals surface area contributed by atoms with Gasteiger partial charge in [0.2, 0.25) is 11.8 Å². The quantitative estimate of drug-likeness (QED) is 0.708. The van der Waals surface area contributed by atoms with Gasteiger partial charge < -0.3 is 16.0 Å². The van der Waals surface area contributed by atoms with Crippen LogP contribution in [0.5, 0.6) is 0 Å². The molecule has 0 saturated carbocycles. The molecule has 2 aliphatic heterocycles. The first-order chi connectivity index (χ1) is 12.8. The summed E-state index contributed by atoms with van der Waals surface area (Å²) in [6.45, 7) is 9.52. The molecule has 0 aromatic heterocycles. The molecule has 1 aromatic carbocycles. The number of carbonyl (C=O) groups excluding carboxylic acids is 3. The fraction of sp³-hybridized carbons (Fsp3) is 0.571. The van der Waals surface area contributed by atoms with Gasteiger partial charge >= 0.3 is 0 Å². The minimum Gasteiger partial charge on any atom is -0.351 e. The van der Waals surface area contributed by atoms with Crippen LogP contribution in [0.1, 0.15) is 57.1 Å². The van der Waals surface area contributed by atoms with Gasteiger partial charge in [-0.15, -0.1) is 0 Å². The Morgan fingerprint density at radius 2 is 1.74 bits per heavy atom. The van der Waals surface area contributed by atoms with Crippen molar-refractivity contribution in [2.24, 2.45) is 11.8 Å². The number of para-hydroxylation sites is 1. The van der Waals surface area contributed by atoms with Gasteiger partial charge in [-0.3, -0.25) is 14.4 Å². The minimum absolute atomic E-state index is 0.163. The number of anilines is 1. The summed E-state index contributed by atoms with van der Waals surface area (Å²) >= 11 is 0. The monoisotopic (exact) mass is 371 g/mol. The number of hydrogen-bond donors (Lipinski definition) is 3. The maximum absolute atomic E-state index is 13.0. The first kappa shape index (κ1) is 19.5. The second kappa shape index (κ2) is 7.80. The fourth-order valence-electron chi connectivity index (χ4n) is 4.08. The zero-order chi connectivity index (χ0) is 19.7. The second-order valence-electron chi connectivity index (χ2n) is 8.16. The zero-order valence-electron chi connectivity index (χ0n) is 16.5. The van der Waals surface area contributed by atoms with Crippen molar-refractivity contribution in [3.05, 3.63) is 29.3 Å². The van der Waals surface area contributed by atoms with E-state index in [0.717, 1.165) is 23.4 Å². The molecule has 2 heterocycles. The summed E-state index contributed by atoms with van der Waals surface area (Å²) in [4.78, 5) is 38.4. The van der Waals surface area contributed by atoms with E-state index in [0.29, 0.717) is 13.0 Å². The Morgan fingerprint density at radius 1 is 1.11 bits per heavy atom. The average molecular weight is 371 g/mol. The van der Waals surface area contributed by atoms with E-state index in [9.17, 15) is 14.4 Å². The molecule has 3 atom stereocenters. The standard InChI is InChI=1S/C21H29N3O3/c1-11(2)13-6-5-7-14(12(3)4)18(13)24-21(27)17-19(25)15-10-22-9-8-16(15)23-20(17)26/h5-7,11-12,15-17,22H,8-10H2,1-4H3,(H,23,26)(H,24,27)/t15-,16-,17?/m1/s1. The van der Waals surface area contributed by atoms with Crippen LogP contribution < -0.4 is 16.0 Å². The highest BCUT2D eigenvalue weighted by atomic mass is 16.2. The minimum atomic E-state index is -1.29. The van der Waals surface area contributed by atoms with Crippen LogP contribution in [-0.2, 0) is 14.4 Å². The molecule has 2 saturated heterocycles. The lowest BCUT2D eigenvalue weighted by atomic mass is 9.79. The summed E-state index contributed by atoms with van der Waals surface area (Å²) in [5.41, 5.74) is 2.75. The Hall–Kier alpha value is -2.21. The van der Waals surface area contributed by atoms with E-state index in [2.05, 4.69) is 43.6 Å². The highest BCUT2D eigenvalue weighted by Gasteiger charge is 2.47. The molecule has 3 N–H and O–H groups in total. The van der Waals surface area contributed by atoms with Crippen LogP contribution in [0.4, 0.5) is 5.69 Å². The number of hydrogen-bond acceptors (Lipinski definition) is 4. The molecule has 0 spiro atoms. The predicted molar refractivity (Wildman–Crippen MR) is 105 cm³/mol. The highest BCUT2D eigenvalue weighted by molar-refractivity contribution is 6.23. The van der Waals surface area contributed by atoms with Gasteiger partial charge in [0.25, 0.3) is 0 Å². The summed E-state index contributed by atoms with van der Waals surface area (Å²) in [7, 11) is 0. The van der Waals surface area contributed by atoms with Gasteiger partial charge in [0, 0.05) is 18.3 Å². The molecular formula is C21H29N3O3.